The topological polar surface area (TPSA) is 69.2 Å². The highest BCUT2D eigenvalue weighted by atomic mass is 32.2. The minimum Gasteiger partial charge on any atom is -0.379 e. The summed E-state index contributed by atoms with van der Waals surface area (Å²) in [6.45, 7) is 8.07. The van der Waals surface area contributed by atoms with Gasteiger partial charge in [0.05, 0.1) is 13.2 Å². The Morgan fingerprint density at radius 3 is 2.79 bits per heavy atom. The molecule has 2 atom stereocenters. The first-order valence-corrected chi connectivity index (χ1v) is 11.8. The van der Waals surface area contributed by atoms with Gasteiger partial charge in [-0.15, -0.1) is 0 Å². The molecule has 1 aliphatic heterocycles. The predicted molar refractivity (Wildman–Crippen MR) is 118 cm³/mol. The van der Waals surface area contributed by atoms with Gasteiger partial charge in [-0.1, -0.05) is 13.3 Å². The predicted octanol–water partition coefficient (Wildman–Crippen LogP) is 1.40. The summed E-state index contributed by atoms with van der Waals surface area (Å²) < 4.78 is 5.40. The van der Waals surface area contributed by atoms with Crippen molar-refractivity contribution >= 4 is 23.6 Å². The molecule has 1 heterocycles. The van der Waals surface area contributed by atoms with Gasteiger partial charge in [-0.25, -0.2) is 4.99 Å². The summed E-state index contributed by atoms with van der Waals surface area (Å²) >= 11 is 2.07. The minimum atomic E-state index is 0.0254. The van der Waals surface area contributed by atoms with Gasteiger partial charge in [0.1, 0.15) is 6.54 Å². The lowest BCUT2D eigenvalue weighted by Gasteiger charge is -2.30. The van der Waals surface area contributed by atoms with Gasteiger partial charge in [-0.05, 0) is 38.0 Å². The molecule has 28 heavy (non-hydrogen) atoms. The first kappa shape index (κ1) is 23.3. The van der Waals surface area contributed by atoms with Crippen molar-refractivity contribution in [2.45, 2.75) is 50.3 Å². The maximum atomic E-state index is 12.0. The standard InChI is InChI=1S/C20H39N5O2S/c1-4-28-18-8-5-7-17(15-18)23-20(22-16-19(26)24(2)3)21-9-6-10-25-11-13-27-14-12-25/h17-18H,4-16H2,1-3H3,(H2,21,22,23). The second kappa shape index (κ2) is 13.3. The Hall–Kier alpha value is -0.990. The van der Waals surface area contributed by atoms with Crippen LogP contribution >= 0.6 is 11.8 Å². The van der Waals surface area contributed by atoms with Crippen molar-refractivity contribution in [1.29, 1.82) is 0 Å². The molecule has 7 nitrogen and oxygen atoms in total. The second-order valence-corrected chi connectivity index (χ2v) is 9.35. The smallest absolute Gasteiger partial charge is 0.243 e. The number of nitrogens with zero attached hydrogens (tertiary/aromatic N) is 3. The van der Waals surface area contributed by atoms with Crippen molar-refractivity contribution in [3.05, 3.63) is 0 Å². The number of amides is 1. The number of hydrogen-bond donors (Lipinski definition) is 2. The summed E-state index contributed by atoms with van der Waals surface area (Å²) in [4.78, 5) is 20.5. The molecule has 162 valence electrons. The Morgan fingerprint density at radius 2 is 2.07 bits per heavy atom. The van der Waals surface area contributed by atoms with Crippen LogP contribution in [0.2, 0.25) is 0 Å². The molecule has 1 saturated carbocycles. The van der Waals surface area contributed by atoms with Gasteiger partial charge in [-0.2, -0.15) is 11.8 Å². The normalized spacial score (nSPS) is 24.0. The maximum Gasteiger partial charge on any atom is 0.243 e. The van der Waals surface area contributed by atoms with Crippen LogP contribution in [-0.4, -0.2) is 98.7 Å². The number of hydrogen-bond acceptors (Lipinski definition) is 5. The summed E-state index contributed by atoms with van der Waals surface area (Å²) in [5.41, 5.74) is 0. The molecule has 0 aromatic rings. The molecule has 1 saturated heterocycles. The molecular formula is C20H39N5O2S. The third kappa shape index (κ3) is 9.01. The lowest BCUT2D eigenvalue weighted by Crippen LogP contribution is -2.47. The van der Waals surface area contributed by atoms with E-state index in [0.29, 0.717) is 6.04 Å². The van der Waals surface area contributed by atoms with Gasteiger partial charge in [-0.3, -0.25) is 9.69 Å². The molecule has 1 aliphatic carbocycles. The van der Waals surface area contributed by atoms with E-state index in [1.165, 1.54) is 31.4 Å². The molecule has 0 aromatic carbocycles. The van der Waals surface area contributed by atoms with E-state index in [1.54, 1.807) is 19.0 Å². The third-order valence-electron chi connectivity index (χ3n) is 5.29. The minimum absolute atomic E-state index is 0.0254. The van der Waals surface area contributed by atoms with Crippen LogP contribution in [0.3, 0.4) is 0 Å². The van der Waals surface area contributed by atoms with Gasteiger partial charge in [0.15, 0.2) is 5.96 Å². The molecule has 0 radical (unpaired) electrons. The molecule has 8 heteroatoms. The van der Waals surface area contributed by atoms with Crippen LogP contribution < -0.4 is 10.6 Å². The average Bonchev–Trinajstić information content (AvgIpc) is 2.70. The van der Waals surface area contributed by atoms with Crippen molar-refractivity contribution in [2.75, 3.05) is 65.8 Å². The first-order chi connectivity index (χ1) is 13.6. The van der Waals surface area contributed by atoms with Gasteiger partial charge >= 0.3 is 0 Å². The van der Waals surface area contributed by atoms with E-state index in [1.807, 2.05) is 0 Å². The van der Waals surface area contributed by atoms with Crippen molar-refractivity contribution in [3.8, 4) is 0 Å². The Balaban J connectivity index is 1.81. The van der Waals surface area contributed by atoms with Gasteiger partial charge in [0.2, 0.25) is 5.91 Å². The van der Waals surface area contributed by atoms with Crippen molar-refractivity contribution in [1.82, 2.24) is 20.4 Å². The molecule has 0 bridgehead atoms. The van der Waals surface area contributed by atoms with Crippen molar-refractivity contribution < 1.29 is 9.53 Å². The summed E-state index contributed by atoms with van der Waals surface area (Å²) in [5.74, 6) is 1.98. The van der Waals surface area contributed by atoms with Gasteiger partial charge in [0, 0.05) is 45.0 Å². The molecule has 2 fully saturated rings. The molecule has 2 rings (SSSR count). The summed E-state index contributed by atoms with van der Waals surface area (Å²) in [5, 5.41) is 7.79. The fourth-order valence-corrected chi connectivity index (χ4v) is 4.80. The molecule has 1 amide bonds. The number of carbonyl (C=O) groups is 1. The summed E-state index contributed by atoms with van der Waals surface area (Å²) in [7, 11) is 3.54. The van der Waals surface area contributed by atoms with E-state index in [9.17, 15) is 4.79 Å². The van der Waals surface area contributed by atoms with Crippen LogP contribution in [0.1, 0.15) is 39.0 Å². The SMILES string of the molecule is CCSC1CCCC(NC(=NCC(=O)N(C)C)NCCCN2CCOCC2)C1. The number of morpholine rings is 1. The largest absolute Gasteiger partial charge is 0.379 e. The van der Waals surface area contributed by atoms with Gasteiger partial charge in [0.25, 0.3) is 0 Å². The number of ether oxygens (including phenoxy) is 1. The molecule has 2 N–H and O–H groups in total. The van der Waals surface area contributed by atoms with Crippen molar-refractivity contribution in [3.63, 3.8) is 0 Å². The first-order valence-electron chi connectivity index (χ1n) is 10.7. The Morgan fingerprint density at radius 1 is 1.29 bits per heavy atom. The van der Waals surface area contributed by atoms with Crippen LogP contribution in [0, 0.1) is 0 Å². The van der Waals surface area contributed by atoms with E-state index in [2.05, 4.69) is 39.2 Å². The molecular weight excluding hydrogens is 374 g/mol. The zero-order valence-corrected chi connectivity index (χ0v) is 18.7. The average molecular weight is 414 g/mol. The zero-order chi connectivity index (χ0) is 20.2. The van der Waals surface area contributed by atoms with Gasteiger partial charge < -0.3 is 20.3 Å². The monoisotopic (exact) mass is 413 g/mol. The highest BCUT2D eigenvalue weighted by molar-refractivity contribution is 7.99. The van der Waals surface area contributed by atoms with E-state index in [-0.39, 0.29) is 12.5 Å². The number of thioether (sulfide) groups is 1. The van der Waals surface area contributed by atoms with E-state index in [0.717, 1.165) is 57.0 Å². The van der Waals surface area contributed by atoms with E-state index < -0.39 is 0 Å². The Kier molecular flexibility index (Phi) is 11.0. The van der Waals surface area contributed by atoms with Crippen LogP contribution in [0.4, 0.5) is 0 Å². The van der Waals surface area contributed by atoms with Crippen LogP contribution in [0.25, 0.3) is 0 Å². The zero-order valence-electron chi connectivity index (χ0n) is 17.9. The number of likely N-dealkylation sites (N-methyl/N-ethyl adjacent to an activating group) is 1. The Bertz CT molecular complexity index is 481. The molecule has 2 aliphatic rings. The second-order valence-electron chi connectivity index (χ2n) is 7.77. The number of guanidine groups is 1. The van der Waals surface area contributed by atoms with E-state index in [4.69, 9.17) is 4.74 Å². The number of carbonyl (C=O) groups excluding carboxylic acids is 1. The summed E-state index contributed by atoms with van der Waals surface area (Å²) in [6, 6.07) is 0.442. The summed E-state index contributed by atoms with van der Waals surface area (Å²) in [6.07, 6.45) is 5.98. The quantitative estimate of drug-likeness (QED) is 0.338. The van der Waals surface area contributed by atoms with Crippen molar-refractivity contribution in [2.24, 2.45) is 4.99 Å². The fourth-order valence-electron chi connectivity index (χ4n) is 3.63. The molecule has 0 aromatic heterocycles. The van der Waals surface area contributed by atoms with Crippen LogP contribution in [0.15, 0.2) is 4.99 Å². The number of aliphatic imine (C=N–C) groups is 1. The highest BCUT2D eigenvalue weighted by Gasteiger charge is 2.22. The highest BCUT2D eigenvalue weighted by Crippen LogP contribution is 2.28. The maximum absolute atomic E-state index is 12.0. The molecule has 0 spiro atoms. The molecule has 2 unspecified atom stereocenters. The Labute approximate surface area is 175 Å². The lowest BCUT2D eigenvalue weighted by molar-refractivity contribution is -0.127. The lowest BCUT2D eigenvalue weighted by atomic mass is 9.95. The number of rotatable bonds is 9. The van der Waals surface area contributed by atoms with E-state index >= 15 is 0 Å². The fraction of sp³-hybridized carbons (Fsp3) is 0.900. The number of nitrogens with one attached hydrogen (secondary N) is 2. The van der Waals surface area contributed by atoms with Crippen LogP contribution in [0.5, 0.6) is 0 Å². The third-order valence-corrected chi connectivity index (χ3v) is 6.52. The van der Waals surface area contributed by atoms with Crippen LogP contribution in [-0.2, 0) is 9.53 Å².